The molecule has 0 aromatic heterocycles. The lowest BCUT2D eigenvalue weighted by Crippen LogP contribution is -2.48. The lowest BCUT2D eigenvalue weighted by atomic mass is 10.00. The summed E-state index contributed by atoms with van der Waals surface area (Å²) in [6.45, 7) is 7.09. The van der Waals surface area contributed by atoms with Gasteiger partial charge in [-0.25, -0.2) is 17.2 Å². The summed E-state index contributed by atoms with van der Waals surface area (Å²) in [5, 5.41) is 2.79. The van der Waals surface area contributed by atoms with E-state index >= 15 is 0 Å². The number of carbonyl (C=O) groups excluding carboxylic acids is 1. The Morgan fingerprint density at radius 2 is 1.68 bits per heavy atom. The van der Waals surface area contributed by atoms with Crippen LogP contribution in [-0.4, -0.2) is 26.6 Å². The third-order valence-electron chi connectivity index (χ3n) is 4.50. The number of carbonyl (C=O) groups is 1. The zero-order chi connectivity index (χ0) is 21.2. The second-order valence-electron chi connectivity index (χ2n) is 6.92. The number of nitrogens with one attached hydrogen (secondary N) is 1. The lowest BCUT2D eigenvalue weighted by Gasteiger charge is -2.29. The molecular formula is C20H24F2N2O3S. The topological polar surface area (TPSA) is 66.5 Å². The summed E-state index contributed by atoms with van der Waals surface area (Å²) in [6.07, 6.45) is 0.908. The molecule has 0 saturated heterocycles. The summed E-state index contributed by atoms with van der Waals surface area (Å²) in [5.41, 5.74) is 2.88. The predicted octanol–water partition coefficient (Wildman–Crippen LogP) is 3.61. The first kappa shape index (κ1) is 21.8. The van der Waals surface area contributed by atoms with Gasteiger partial charge in [0.05, 0.1) is 18.0 Å². The number of hydrogen-bond acceptors (Lipinski definition) is 3. The van der Waals surface area contributed by atoms with Gasteiger partial charge in [0.15, 0.2) is 11.6 Å². The lowest BCUT2D eigenvalue weighted by molar-refractivity contribution is -0.122. The SMILES string of the molecule is Cc1ccc([C@@H](C)NC(=O)[C@H](C)N(c2ccc(F)c(F)c2)S(C)(=O)=O)c(C)c1. The predicted molar refractivity (Wildman–Crippen MR) is 106 cm³/mol. The van der Waals surface area contributed by atoms with E-state index in [4.69, 9.17) is 0 Å². The van der Waals surface area contributed by atoms with E-state index in [2.05, 4.69) is 5.32 Å². The van der Waals surface area contributed by atoms with E-state index in [0.717, 1.165) is 45.5 Å². The molecule has 8 heteroatoms. The molecule has 1 N–H and O–H groups in total. The van der Waals surface area contributed by atoms with Crippen molar-refractivity contribution in [2.24, 2.45) is 0 Å². The Hall–Kier alpha value is -2.48. The summed E-state index contributed by atoms with van der Waals surface area (Å²) < 4.78 is 52.1. The van der Waals surface area contributed by atoms with Crippen molar-refractivity contribution in [3.63, 3.8) is 0 Å². The van der Waals surface area contributed by atoms with Crippen molar-refractivity contribution in [2.45, 2.75) is 39.8 Å². The number of aryl methyl sites for hydroxylation is 2. The zero-order valence-electron chi connectivity index (χ0n) is 16.5. The van der Waals surface area contributed by atoms with Gasteiger partial charge in [0, 0.05) is 6.07 Å². The van der Waals surface area contributed by atoms with Crippen molar-refractivity contribution >= 4 is 21.6 Å². The monoisotopic (exact) mass is 410 g/mol. The molecule has 0 radical (unpaired) electrons. The van der Waals surface area contributed by atoms with Crippen LogP contribution in [0.25, 0.3) is 0 Å². The highest BCUT2D eigenvalue weighted by molar-refractivity contribution is 7.92. The van der Waals surface area contributed by atoms with Crippen LogP contribution in [0.3, 0.4) is 0 Å². The summed E-state index contributed by atoms with van der Waals surface area (Å²) in [5.74, 6) is -2.84. The number of benzene rings is 2. The molecule has 0 aliphatic heterocycles. The van der Waals surface area contributed by atoms with Gasteiger partial charge in [0.25, 0.3) is 0 Å². The van der Waals surface area contributed by atoms with Crippen molar-refractivity contribution < 1.29 is 22.0 Å². The summed E-state index contributed by atoms with van der Waals surface area (Å²) in [7, 11) is -3.92. The summed E-state index contributed by atoms with van der Waals surface area (Å²) >= 11 is 0. The standard InChI is InChI=1S/C20H24F2N2O3S/c1-12-6-8-17(13(2)10-12)14(3)23-20(25)15(4)24(28(5,26)27)16-7-9-18(21)19(22)11-16/h6-11,14-15H,1-5H3,(H,23,25)/t14-,15+/m1/s1. The maximum absolute atomic E-state index is 13.6. The molecule has 0 saturated carbocycles. The van der Waals surface area contributed by atoms with Gasteiger partial charge in [-0.1, -0.05) is 23.8 Å². The van der Waals surface area contributed by atoms with Gasteiger partial charge in [-0.2, -0.15) is 0 Å². The molecule has 1 amide bonds. The van der Waals surface area contributed by atoms with Crippen molar-refractivity contribution in [3.05, 3.63) is 64.7 Å². The van der Waals surface area contributed by atoms with Gasteiger partial charge < -0.3 is 5.32 Å². The number of rotatable bonds is 6. The fraction of sp³-hybridized carbons (Fsp3) is 0.350. The van der Waals surface area contributed by atoms with Gasteiger partial charge in [-0.3, -0.25) is 9.10 Å². The van der Waals surface area contributed by atoms with Crippen molar-refractivity contribution in [1.29, 1.82) is 0 Å². The Bertz CT molecular complexity index is 993. The molecular weight excluding hydrogens is 386 g/mol. The maximum Gasteiger partial charge on any atom is 0.244 e. The van der Waals surface area contributed by atoms with Gasteiger partial charge in [0.1, 0.15) is 6.04 Å². The van der Waals surface area contributed by atoms with Crippen LogP contribution in [0.1, 0.15) is 36.6 Å². The van der Waals surface area contributed by atoms with E-state index in [1.165, 1.54) is 6.92 Å². The van der Waals surface area contributed by atoms with Crippen LogP contribution < -0.4 is 9.62 Å². The molecule has 0 bridgehead atoms. The van der Waals surface area contributed by atoms with Crippen LogP contribution in [-0.2, 0) is 14.8 Å². The number of halogens is 2. The minimum Gasteiger partial charge on any atom is -0.348 e. The Labute approximate surface area is 164 Å². The molecule has 152 valence electrons. The summed E-state index contributed by atoms with van der Waals surface area (Å²) in [6, 6.07) is 7.01. The van der Waals surface area contributed by atoms with Crippen molar-refractivity contribution in [1.82, 2.24) is 5.32 Å². The zero-order valence-corrected chi connectivity index (χ0v) is 17.3. The van der Waals surface area contributed by atoms with Crippen LogP contribution in [0.2, 0.25) is 0 Å². The minimum absolute atomic E-state index is 0.122. The highest BCUT2D eigenvalue weighted by Gasteiger charge is 2.30. The molecule has 2 atom stereocenters. The van der Waals surface area contributed by atoms with E-state index in [1.54, 1.807) is 6.92 Å². The molecule has 2 rings (SSSR count). The number of hydrogen-bond donors (Lipinski definition) is 1. The molecule has 0 spiro atoms. The molecule has 0 aliphatic rings. The minimum atomic E-state index is -3.92. The second kappa shape index (κ2) is 8.26. The van der Waals surface area contributed by atoms with Gasteiger partial charge in [0.2, 0.25) is 15.9 Å². The van der Waals surface area contributed by atoms with E-state index in [1.807, 2.05) is 32.0 Å². The van der Waals surface area contributed by atoms with Gasteiger partial charge in [-0.15, -0.1) is 0 Å². The maximum atomic E-state index is 13.6. The van der Waals surface area contributed by atoms with Crippen LogP contribution in [0, 0.1) is 25.5 Å². The quantitative estimate of drug-likeness (QED) is 0.791. The number of nitrogens with zero attached hydrogens (tertiary/aromatic N) is 1. The molecule has 0 unspecified atom stereocenters. The first-order valence-electron chi connectivity index (χ1n) is 8.73. The third kappa shape index (κ3) is 4.86. The second-order valence-corrected chi connectivity index (χ2v) is 8.78. The Kier molecular flexibility index (Phi) is 6.44. The Balaban J connectivity index is 2.29. The highest BCUT2D eigenvalue weighted by atomic mass is 32.2. The molecule has 5 nitrogen and oxygen atoms in total. The van der Waals surface area contributed by atoms with E-state index in [0.29, 0.717) is 0 Å². The molecule has 0 heterocycles. The van der Waals surface area contributed by atoms with Crippen molar-refractivity contribution in [2.75, 3.05) is 10.6 Å². The molecule has 0 aliphatic carbocycles. The first-order valence-corrected chi connectivity index (χ1v) is 10.6. The summed E-state index contributed by atoms with van der Waals surface area (Å²) in [4.78, 5) is 12.7. The molecule has 2 aromatic rings. The molecule has 28 heavy (non-hydrogen) atoms. The van der Waals surface area contributed by atoms with Crippen molar-refractivity contribution in [3.8, 4) is 0 Å². The molecule has 0 fully saturated rings. The first-order chi connectivity index (χ1) is 12.9. The van der Waals surface area contributed by atoms with Gasteiger partial charge in [-0.05, 0) is 51.0 Å². The number of sulfonamides is 1. The smallest absolute Gasteiger partial charge is 0.244 e. The fourth-order valence-corrected chi connectivity index (χ4v) is 4.32. The van der Waals surface area contributed by atoms with E-state index < -0.39 is 33.6 Å². The largest absolute Gasteiger partial charge is 0.348 e. The average molecular weight is 410 g/mol. The van der Waals surface area contributed by atoms with Crippen LogP contribution >= 0.6 is 0 Å². The fourth-order valence-electron chi connectivity index (χ4n) is 3.15. The van der Waals surface area contributed by atoms with Gasteiger partial charge >= 0.3 is 0 Å². The molecule has 2 aromatic carbocycles. The van der Waals surface area contributed by atoms with Crippen LogP contribution in [0.5, 0.6) is 0 Å². The van der Waals surface area contributed by atoms with Crippen LogP contribution in [0.15, 0.2) is 36.4 Å². The Morgan fingerprint density at radius 1 is 1.04 bits per heavy atom. The van der Waals surface area contributed by atoms with E-state index in [-0.39, 0.29) is 11.7 Å². The van der Waals surface area contributed by atoms with E-state index in [9.17, 15) is 22.0 Å². The van der Waals surface area contributed by atoms with Crippen LogP contribution in [0.4, 0.5) is 14.5 Å². The normalized spacial score (nSPS) is 13.7. The average Bonchev–Trinajstić information content (AvgIpc) is 2.56. The highest BCUT2D eigenvalue weighted by Crippen LogP contribution is 2.24. The number of amides is 1. The Morgan fingerprint density at radius 3 is 2.21 bits per heavy atom. The third-order valence-corrected chi connectivity index (χ3v) is 5.74. The number of anilines is 1.